The summed E-state index contributed by atoms with van der Waals surface area (Å²) in [6.45, 7) is 5.79. The van der Waals surface area contributed by atoms with Crippen molar-refractivity contribution in [3.8, 4) is 0 Å². The van der Waals surface area contributed by atoms with Crippen LogP contribution < -0.4 is 15.5 Å². The van der Waals surface area contributed by atoms with Gasteiger partial charge in [-0.1, -0.05) is 51.1 Å². The van der Waals surface area contributed by atoms with E-state index in [9.17, 15) is 32.3 Å². The molecule has 0 aromatic heterocycles. The molecular formula is C24H21F3N4O4. The van der Waals surface area contributed by atoms with Crippen molar-refractivity contribution in [3.63, 3.8) is 0 Å². The summed E-state index contributed by atoms with van der Waals surface area (Å²) < 4.78 is 43.6. The Hall–Kier alpha value is -4.02. The third-order valence-corrected chi connectivity index (χ3v) is 5.95. The number of aliphatic imine (C=N–C) groups is 1. The number of nitrogens with zero attached hydrogens (tertiary/aromatic N) is 2. The third-order valence-electron chi connectivity index (χ3n) is 5.95. The summed E-state index contributed by atoms with van der Waals surface area (Å²) in [6.07, 6.45) is -5.42. The van der Waals surface area contributed by atoms with Crippen molar-refractivity contribution in [2.24, 2.45) is 10.9 Å². The Kier molecular flexibility index (Phi) is 5.54. The zero-order valence-corrected chi connectivity index (χ0v) is 18.9. The van der Waals surface area contributed by atoms with Gasteiger partial charge in [-0.3, -0.25) is 19.7 Å². The monoisotopic (exact) mass is 486 g/mol. The minimum atomic E-state index is -5.42. The zero-order chi connectivity index (χ0) is 25.8. The van der Waals surface area contributed by atoms with E-state index in [1.165, 1.54) is 36.4 Å². The van der Waals surface area contributed by atoms with Crippen LogP contribution in [0.4, 0.5) is 23.7 Å². The van der Waals surface area contributed by atoms with Crippen LogP contribution in [-0.4, -0.2) is 41.3 Å². The van der Waals surface area contributed by atoms with Gasteiger partial charge in [-0.15, -0.1) is 0 Å². The molecule has 35 heavy (non-hydrogen) atoms. The molecular weight excluding hydrogens is 465 g/mol. The summed E-state index contributed by atoms with van der Waals surface area (Å²) in [6, 6.07) is 12.3. The molecule has 0 aliphatic carbocycles. The third kappa shape index (κ3) is 3.86. The predicted molar refractivity (Wildman–Crippen MR) is 120 cm³/mol. The summed E-state index contributed by atoms with van der Waals surface area (Å²) in [5, 5.41) is 3.59. The van der Waals surface area contributed by atoms with Crippen molar-refractivity contribution >= 4 is 35.3 Å². The minimum absolute atomic E-state index is 0.0936. The van der Waals surface area contributed by atoms with E-state index in [2.05, 4.69) is 4.99 Å². The van der Waals surface area contributed by atoms with Crippen LogP contribution in [0, 0.1) is 5.92 Å². The number of hydrogen-bond acceptors (Lipinski definition) is 4. The smallest absolute Gasteiger partial charge is 0.329 e. The maximum absolute atomic E-state index is 14.5. The number of carbonyl (C=O) groups excluding carboxylic acids is 4. The van der Waals surface area contributed by atoms with Crippen LogP contribution in [0.2, 0.25) is 0 Å². The number of amidine groups is 1. The molecule has 2 aromatic carbocycles. The van der Waals surface area contributed by atoms with Gasteiger partial charge in [0.15, 0.2) is 0 Å². The molecule has 5 amide bonds. The number of amides is 5. The first-order valence-corrected chi connectivity index (χ1v) is 10.6. The highest BCUT2D eigenvalue weighted by molar-refractivity contribution is 6.35. The van der Waals surface area contributed by atoms with Gasteiger partial charge in [0.1, 0.15) is 11.8 Å². The molecule has 4 rings (SSSR count). The van der Waals surface area contributed by atoms with Crippen LogP contribution in [0.3, 0.4) is 0 Å². The summed E-state index contributed by atoms with van der Waals surface area (Å²) in [7, 11) is 0. The minimum Gasteiger partial charge on any atom is -0.329 e. The van der Waals surface area contributed by atoms with E-state index in [0.29, 0.717) is 0 Å². The fourth-order valence-electron chi connectivity index (χ4n) is 4.09. The van der Waals surface area contributed by atoms with Crippen LogP contribution in [0.1, 0.15) is 36.7 Å². The normalized spacial score (nSPS) is 22.5. The average Bonchev–Trinajstić information content (AvgIpc) is 3.07. The Morgan fingerprint density at radius 2 is 1.60 bits per heavy atom. The van der Waals surface area contributed by atoms with E-state index < -0.39 is 47.2 Å². The molecule has 0 saturated carbocycles. The molecule has 2 aliphatic heterocycles. The van der Waals surface area contributed by atoms with Crippen molar-refractivity contribution in [1.29, 1.82) is 0 Å². The lowest BCUT2D eigenvalue weighted by molar-refractivity contribution is -0.201. The van der Waals surface area contributed by atoms with Crippen LogP contribution in [0.15, 0.2) is 59.6 Å². The molecule has 2 aromatic rings. The quantitative estimate of drug-likeness (QED) is 0.694. The predicted octanol–water partition coefficient (Wildman–Crippen LogP) is 3.33. The fraction of sp³-hybridized carbons (Fsp3) is 0.292. The molecule has 2 atom stereocenters. The number of carbonyl (C=O) groups is 4. The Balaban J connectivity index is 1.76. The van der Waals surface area contributed by atoms with Gasteiger partial charge in [0.25, 0.3) is 11.8 Å². The second-order valence-corrected chi connectivity index (χ2v) is 9.26. The molecule has 2 N–H and O–H groups in total. The number of rotatable bonds is 3. The number of para-hydroxylation sites is 1. The Morgan fingerprint density at radius 3 is 2.14 bits per heavy atom. The van der Waals surface area contributed by atoms with Crippen LogP contribution in [0.25, 0.3) is 0 Å². The maximum atomic E-state index is 14.5. The molecule has 2 unspecified atom stereocenters. The van der Waals surface area contributed by atoms with Crippen molar-refractivity contribution in [2.75, 3.05) is 4.90 Å². The lowest BCUT2D eigenvalue weighted by Crippen LogP contribution is -2.72. The molecule has 8 nitrogen and oxygen atoms in total. The van der Waals surface area contributed by atoms with E-state index in [1.807, 2.05) is 26.1 Å². The number of nitrogens with one attached hydrogen (secondary N) is 2. The van der Waals surface area contributed by atoms with E-state index in [4.69, 9.17) is 0 Å². The van der Waals surface area contributed by atoms with Crippen molar-refractivity contribution in [3.05, 3.63) is 65.7 Å². The molecule has 0 spiro atoms. The lowest BCUT2D eigenvalue weighted by atomic mass is 9.81. The summed E-state index contributed by atoms with van der Waals surface area (Å²) >= 11 is 0. The first-order valence-electron chi connectivity index (χ1n) is 10.6. The summed E-state index contributed by atoms with van der Waals surface area (Å²) in [5.74, 6) is -7.44. The van der Waals surface area contributed by atoms with Crippen LogP contribution in [-0.2, 0) is 15.0 Å². The molecule has 182 valence electrons. The highest BCUT2D eigenvalue weighted by Gasteiger charge is 2.74. The second kappa shape index (κ2) is 8.03. The van der Waals surface area contributed by atoms with Crippen molar-refractivity contribution < 1.29 is 32.3 Å². The first kappa shape index (κ1) is 24.1. The number of hydrogen-bond donors (Lipinski definition) is 2. The van der Waals surface area contributed by atoms with Gasteiger partial charge >= 0.3 is 12.2 Å². The van der Waals surface area contributed by atoms with Gasteiger partial charge in [0, 0.05) is 5.56 Å². The lowest BCUT2D eigenvalue weighted by Gasteiger charge is -2.39. The van der Waals surface area contributed by atoms with Crippen molar-refractivity contribution in [1.82, 2.24) is 10.6 Å². The highest BCUT2D eigenvalue weighted by Crippen LogP contribution is 2.44. The number of anilines is 1. The maximum Gasteiger partial charge on any atom is 0.422 e. The molecule has 0 radical (unpaired) electrons. The first-order chi connectivity index (χ1) is 16.3. The Bertz CT molecular complexity index is 1250. The van der Waals surface area contributed by atoms with Crippen molar-refractivity contribution in [2.45, 2.75) is 37.9 Å². The average molecular weight is 486 g/mol. The number of alkyl halides is 3. The molecule has 2 heterocycles. The number of halogens is 3. The highest BCUT2D eigenvalue weighted by atomic mass is 19.4. The number of urea groups is 1. The molecule has 2 aliphatic rings. The zero-order valence-electron chi connectivity index (χ0n) is 18.9. The SMILES string of the molecule is CC(C)(C)c1ccc(C(=O)NC2(C(F)(F)F)C(=O)N=C3C2C(=O)NC(=O)N3c2ccccc2)cc1. The van der Waals surface area contributed by atoms with Gasteiger partial charge in [-0.05, 0) is 35.2 Å². The number of imide groups is 1. The molecule has 1 saturated heterocycles. The molecule has 11 heteroatoms. The standard InChI is InChI=1S/C24H21F3N4O4/c1-22(2,3)14-11-9-13(10-12-14)18(32)30-23(24(25,26)27)16-17(28-20(23)34)31(21(35)29-19(16)33)15-7-5-4-6-8-15/h4-12,16H,1-3H3,(H,30,32)(H,29,33,35). The largest absolute Gasteiger partial charge is 0.422 e. The summed E-state index contributed by atoms with van der Waals surface area (Å²) in [5.41, 5.74) is -3.17. The molecule has 1 fully saturated rings. The number of fused-ring (bicyclic) bond motifs is 1. The fourth-order valence-corrected chi connectivity index (χ4v) is 4.09. The Labute approximate surface area is 198 Å². The second-order valence-electron chi connectivity index (χ2n) is 9.26. The van der Waals surface area contributed by atoms with E-state index in [0.717, 1.165) is 10.5 Å². The number of benzene rings is 2. The summed E-state index contributed by atoms with van der Waals surface area (Å²) in [4.78, 5) is 55.2. The van der Waals surface area contributed by atoms with Gasteiger partial charge in [0.05, 0.1) is 5.69 Å². The van der Waals surface area contributed by atoms with Gasteiger partial charge in [0.2, 0.25) is 11.4 Å². The van der Waals surface area contributed by atoms with Gasteiger partial charge in [-0.25, -0.2) is 9.69 Å². The van der Waals surface area contributed by atoms with E-state index in [1.54, 1.807) is 23.5 Å². The molecule has 0 bridgehead atoms. The van der Waals surface area contributed by atoms with E-state index in [-0.39, 0.29) is 16.7 Å². The Morgan fingerprint density at radius 1 is 1.00 bits per heavy atom. The van der Waals surface area contributed by atoms with E-state index >= 15 is 0 Å². The van der Waals surface area contributed by atoms with Crippen LogP contribution >= 0.6 is 0 Å². The van der Waals surface area contributed by atoms with Gasteiger partial charge < -0.3 is 5.32 Å². The van der Waals surface area contributed by atoms with Gasteiger partial charge in [-0.2, -0.15) is 18.2 Å². The van der Waals surface area contributed by atoms with Crippen LogP contribution in [0.5, 0.6) is 0 Å². The topological polar surface area (TPSA) is 108 Å².